The molecule has 1 aliphatic rings. The molecule has 0 aliphatic carbocycles. The number of hydrogen-bond donors (Lipinski definition) is 1. The third-order valence-electron chi connectivity index (χ3n) is 4.24. The van der Waals surface area contributed by atoms with Gasteiger partial charge < -0.3 is 20.0 Å². The standard InChI is InChI=1S/C17H26N8/c1-23(2)15-10-16(20-12-19-15)25-9-5-6-13(11-25)21-14-7-8-18-17(22-14)24(3)4/h7-8,10,12-13H,5-6,9,11H2,1-4H3,(H,18,21,22). The molecule has 2 aromatic heterocycles. The quantitative estimate of drug-likeness (QED) is 0.876. The van der Waals surface area contributed by atoms with Crippen LogP contribution < -0.4 is 20.0 Å². The van der Waals surface area contributed by atoms with E-state index in [2.05, 4.69) is 30.2 Å². The van der Waals surface area contributed by atoms with Crippen LogP contribution >= 0.6 is 0 Å². The van der Waals surface area contributed by atoms with Crippen molar-refractivity contribution in [3.05, 3.63) is 24.7 Å². The Morgan fingerprint density at radius 2 is 1.96 bits per heavy atom. The second-order valence-electron chi connectivity index (χ2n) is 6.69. The minimum atomic E-state index is 0.330. The molecule has 0 aromatic carbocycles. The number of nitrogens with zero attached hydrogens (tertiary/aromatic N) is 7. The van der Waals surface area contributed by atoms with Gasteiger partial charge in [0.25, 0.3) is 0 Å². The van der Waals surface area contributed by atoms with Crippen LogP contribution in [0.5, 0.6) is 0 Å². The molecule has 134 valence electrons. The lowest BCUT2D eigenvalue weighted by Crippen LogP contribution is -2.42. The van der Waals surface area contributed by atoms with Gasteiger partial charge in [0, 0.05) is 59.6 Å². The summed E-state index contributed by atoms with van der Waals surface area (Å²) in [6.45, 7) is 1.90. The van der Waals surface area contributed by atoms with Crippen LogP contribution in [0.4, 0.5) is 23.4 Å². The highest BCUT2D eigenvalue weighted by Gasteiger charge is 2.22. The zero-order chi connectivity index (χ0) is 17.8. The fourth-order valence-electron chi connectivity index (χ4n) is 2.91. The van der Waals surface area contributed by atoms with Gasteiger partial charge in [0.15, 0.2) is 0 Å². The van der Waals surface area contributed by atoms with E-state index < -0.39 is 0 Å². The number of aromatic nitrogens is 4. The van der Waals surface area contributed by atoms with Gasteiger partial charge in [-0.25, -0.2) is 15.0 Å². The smallest absolute Gasteiger partial charge is 0.226 e. The van der Waals surface area contributed by atoms with Gasteiger partial charge in [0.05, 0.1) is 0 Å². The second-order valence-corrected chi connectivity index (χ2v) is 6.69. The molecule has 1 fully saturated rings. The zero-order valence-corrected chi connectivity index (χ0v) is 15.3. The Morgan fingerprint density at radius 3 is 2.72 bits per heavy atom. The van der Waals surface area contributed by atoms with Crippen LogP contribution in [0.15, 0.2) is 24.7 Å². The first-order valence-corrected chi connectivity index (χ1v) is 8.54. The van der Waals surface area contributed by atoms with Crippen LogP contribution in [0, 0.1) is 0 Å². The summed E-state index contributed by atoms with van der Waals surface area (Å²) in [7, 11) is 7.87. The highest BCUT2D eigenvalue weighted by molar-refractivity contribution is 5.50. The average Bonchev–Trinajstić information content (AvgIpc) is 2.62. The predicted molar refractivity (Wildman–Crippen MR) is 102 cm³/mol. The lowest BCUT2D eigenvalue weighted by atomic mass is 10.1. The molecule has 8 nitrogen and oxygen atoms in total. The number of rotatable bonds is 5. The molecule has 3 rings (SSSR count). The van der Waals surface area contributed by atoms with Gasteiger partial charge in [-0.3, -0.25) is 0 Å². The van der Waals surface area contributed by atoms with Crippen molar-refractivity contribution in [1.82, 2.24) is 19.9 Å². The van der Waals surface area contributed by atoms with E-state index >= 15 is 0 Å². The molecule has 3 heterocycles. The number of piperidine rings is 1. The molecule has 0 saturated carbocycles. The largest absolute Gasteiger partial charge is 0.365 e. The van der Waals surface area contributed by atoms with Crippen LogP contribution in [0.2, 0.25) is 0 Å². The number of anilines is 4. The Kier molecular flexibility index (Phi) is 5.16. The van der Waals surface area contributed by atoms with E-state index in [9.17, 15) is 0 Å². The van der Waals surface area contributed by atoms with Crippen molar-refractivity contribution in [3.63, 3.8) is 0 Å². The van der Waals surface area contributed by atoms with E-state index in [4.69, 9.17) is 0 Å². The van der Waals surface area contributed by atoms with E-state index in [1.165, 1.54) is 0 Å². The monoisotopic (exact) mass is 342 g/mol. The van der Waals surface area contributed by atoms with Gasteiger partial charge in [-0.2, -0.15) is 4.98 Å². The Labute approximate surface area is 148 Å². The topological polar surface area (TPSA) is 73.3 Å². The van der Waals surface area contributed by atoms with Gasteiger partial charge in [-0.1, -0.05) is 0 Å². The summed E-state index contributed by atoms with van der Waals surface area (Å²) in [5.41, 5.74) is 0. The molecule has 25 heavy (non-hydrogen) atoms. The molecule has 0 bridgehead atoms. The van der Waals surface area contributed by atoms with E-state index in [-0.39, 0.29) is 0 Å². The van der Waals surface area contributed by atoms with E-state index in [1.807, 2.05) is 50.1 Å². The molecular formula is C17H26N8. The Balaban J connectivity index is 1.69. The van der Waals surface area contributed by atoms with Crippen molar-refractivity contribution in [2.24, 2.45) is 0 Å². The number of nitrogens with one attached hydrogen (secondary N) is 1. The van der Waals surface area contributed by atoms with Crippen LogP contribution in [0.1, 0.15) is 12.8 Å². The first-order valence-electron chi connectivity index (χ1n) is 8.54. The first-order chi connectivity index (χ1) is 12.0. The highest BCUT2D eigenvalue weighted by atomic mass is 15.3. The summed E-state index contributed by atoms with van der Waals surface area (Å²) in [6.07, 6.45) is 5.66. The molecule has 1 saturated heterocycles. The summed E-state index contributed by atoms with van der Waals surface area (Å²) in [5.74, 6) is 3.47. The van der Waals surface area contributed by atoms with Crippen LogP contribution in [0.3, 0.4) is 0 Å². The van der Waals surface area contributed by atoms with Crippen molar-refractivity contribution >= 4 is 23.4 Å². The maximum atomic E-state index is 4.55. The van der Waals surface area contributed by atoms with Crippen molar-refractivity contribution in [2.45, 2.75) is 18.9 Å². The zero-order valence-electron chi connectivity index (χ0n) is 15.3. The normalized spacial score (nSPS) is 17.3. The number of hydrogen-bond acceptors (Lipinski definition) is 8. The van der Waals surface area contributed by atoms with Gasteiger partial charge in [-0.15, -0.1) is 0 Å². The second kappa shape index (κ2) is 7.50. The first kappa shape index (κ1) is 17.2. The summed E-state index contributed by atoms with van der Waals surface area (Å²) < 4.78 is 0. The summed E-state index contributed by atoms with van der Waals surface area (Å²) in [6, 6.07) is 4.29. The third-order valence-corrected chi connectivity index (χ3v) is 4.24. The predicted octanol–water partition coefficient (Wildman–Crippen LogP) is 1.48. The van der Waals surface area contributed by atoms with Gasteiger partial charge >= 0.3 is 0 Å². The Morgan fingerprint density at radius 1 is 1.12 bits per heavy atom. The molecule has 2 aromatic rings. The molecule has 1 unspecified atom stereocenters. The van der Waals surface area contributed by atoms with Gasteiger partial charge in [-0.05, 0) is 18.9 Å². The third kappa shape index (κ3) is 4.26. The van der Waals surface area contributed by atoms with Crippen LogP contribution in [-0.2, 0) is 0 Å². The van der Waals surface area contributed by atoms with E-state index in [0.29, 0.717) is 12.0 Å². The Hall–Kier alpha value is -2.64. The lowest BCUT2D eigenvalue weighted by Gasteiger charge is -2.34. The molecule has 0 amide bonds. The highest BCUT2D eigenvalue weighted by Crippen LogP contribution is 2.22. The van der Waals surface area contributed by atoms with E-state index in [0.717, 1.165) is 43.4 Å². The van der Waals surface area contributed by atoms with Gasteiger partial charge in [0.2, 0.25) is 5.95 Å². The van der Waals surface area contributed by atoms with Crippen molar-refractivity contribution in [1.29, 1.82) is 0 Å². The molecule has 1 aliphatic heterocycles. The fourth-order valence-corrected chi connectivity index (χ4v) is 2.91. The molecular weight excluding hydrogens is 316 g/mol. The maximum Gasteiger partial charge on any atom is 0.226 e. The molecule has 0 radical (unpaired) electrons. The van der Waals surface area contributed by atoms with Crippen LogP contribution in [-0.4, -0.2) is 67.3 Å². The molecule has 0 spiro atoms. The minimum Gasteiger partial charge on any atom is -0.365 e. The molecule has 1 atom stereocenters. The van der Waals surface area contributed by atoms with Crippen molar-refractivity contribution in [3.8, 4) is 0 Å². The Bertz CT molecular complexity index is 703. The van der Waals surface area contributed by atoms with Crippen LogP contribution in [0.25, 0.3) is 0 Å². The summed E-state index contributed by atoms with van der Waals surface area (Å²) in [4.78, 5) is 23.8. The lowest BCUT2D eigenvalue weighted by molar-refractivity contribution is 0.525. The van der Waals surface area contributed by atoms with Gasteiger partial charge in [0.1, 0.15) is 23.8 Å². The minimum absolute atomic E-state index is 0.330. The average molecular weight is 342 g/mol. The molecule has 1 N–H and O–H groups in total. The van der Waals surface area contributed by atoms with Crippen molar-refractivity contribution in [2.75, 3.05) is 61.3 Å². The maximum absolute atomic E-state index is 4.55. The van der Waals surface area contributed by atoms with Crippen molar-refractivity contribution < 1.29 is 0 Å². The molecule has 8 heteroatoms. The summed E-state index contributed by atoms with van der Waals surface area (Å²) >= 11 is 0. The van der Waals surface area contributed by atoms with E-state index in [1.54, 1.807) is 12.5 Å². The SMILES string of the molecule is CN(C)c1cc(N2CCCC(Nc3ccnc(N(C)C)n3)C2)ncn1. The summed E-state index contributed by atoms with van der Waals surface area (Å²) in [5, 5.41) is 3.54. The fraction of sp³-hybridized carbons (Fsp3) is 0.529.